The summed E-state index contributed by atoms with van der Waals surface area (Å²) >= 11 is 0. The topological polar surface area (TPSA) is 87.1 Å². The molecule has 1 heterocycles. The third kappa shape index (κ3) is 5.00. The van der Waals surface area contributed by atoms with Gasteiger partial charge in [-0.3, -0.25) is 0 Å². The van der Waals surface area contributed by atoms with Crippen molar-refractivity contribution in [2.45, 2.75) is 58.2 Å². The Bertz CT molecular complexity index is 372. The molecular formula is C14H25NO5. The van der Waals surface area contributed by atoms with Crippen LogP contribution in [0.1, 0.15) is 47.0 Å². The first-order chi connectivity index (χ1) is 9.01. The maximum absolute atomic E-state index is 12.0. The number of carboxylic acids is 1. The maximum Gasteiger partial charge on any atom is 0.410 e. The van der Waals surface area contributed by atoms with Gasteiger partial charge in [-0.05, 0) is 52.9 Å². The molecule has 0 saturated carbocycles. The minimum absolute atomic E-state index is 0.0256. The van der Waals surface area contributed by atoms with Crippen LogP contribution >= 0.6 is 0 Å². The summed E-state index contributed by atoms with van der Waals surface area (Å²) in [5, 5.41) is 18.8. The summed E-state index contributed by atoms with van der Waals surface area (Å²) in [4.78, 5) is 24.5. The van der Waals surface area contributed by atoms with Gasteiger partial charge in [0.2, 0.25) is 0 Å². The third-order valence-electron chi connectivity index (χ3n) is 3.32. The van der Waals surface area contributed by atoms with Crippen LogP contribution in [-0.2, 0) is 9.53 Å². The van der Waals surface area contributed by atoms with Gasteiger partial charge >= 0.3 is 12.1 Å². The molecule has 20 heavy (non-hydrogen) atoms. The smallest absolute Gasteiger partial charge is 0.410 e. The van der Waals surface area contributed by atoms with Gasteiger partial charge in [0.1, 0.15) is 5.60 Å². The van der Waals surface area contributed by atoms with Crippen LogP contribution in [0.3, 0.4) is 0 Å². The van der Waals surface area contributed by atoms with Crippen molar-refractivity contribution in [3.05, 3.63) is 0 Å². The van der Waals surface area contributed by atoms with E-state index in [1.54, 1.807) is 4.90 Å². The first kappa shape index (κ1) is 16.8. The minimum Gasteiger partial charge on any atom is -0.479 e. The molecule has 1 fully saturated rings. The molecule has 0 aromatic rings. The highest BCUT2D eigenvalue weighted by atomic mass is 16.6. The van der Waals surface area contributed by atoms with E-state index in [1.165, 1.54) is 6.92 Å². The third-order valence-corrected chi connectivity index (χ3v) is 3.32. The number of likely N-dealkylation sites (tertiary alicyclic amines) is 1. The van der Waals surface area contributed by atoms with E-state index in [2.05, 4.69) is 0 Å². The van der Waals surface area contributed by atoms with Crippen LogP contribution in [0.4, 0.5) is 4.79 Å². The molecule has 2 N–H and O–H groups in total. The predicted molar refractivity (Wildman–Crippen MR) is 73.4 cm³/mol. The molecule has 1 saturated heterocycles. The molecule has 1 rings (SSSR count). The van der Waals surface area contributed by atoms with Gasteiger partial charge in [0, 0.05) is 13.1 Å². The van der Waals surface area contributed by atoms with Crippen LogP contribution < -0.4 is 0 Å². The fourth-order valence-corrected chi connectivity index (χ4v) is 2.37. The number of carboxylic acid groups (broad SMARTS) is 1. The van der Waals surface area contributed by atoms with Gasteiger partial charge in [-0.15, -0.1) is 0 Å². The van der Waals surface area contributed by atoms with Gasteiger partial charge in [-0.1, -0.05) is 0 Å². The minimum atomic E-state index is -1.75. The number of rotatable bonds is 3. The second-order valence-electron chi connectivity index (χ2n) is 6.72. The van der Waals surface area contributed by atoms with Gasteiger partial charge in [0.05, 0.1) is 0 Å². The summed E-state index contributed by atoms with van der Waals surface area (Å²) in [7, 11) is 0. The van der Waals surface area contributed by atoms with Crippen molar-refractivity contribution >= 4 is 12.1 Å². The van der Waals surface area contributed by atoms with Crippen molar-refractivity contribution in [3.8, 4) is 0 Å². The van der Waals surface area contributed by atoms with E-state index in [4.69, 9.17) is 9.84 Å². The first-order valence-corrected chi connectivity index (χ1v) is 6.95. The summed E-state index contributed by atoms with van der Waals surface area (Å²) in [6.07, 6.45) is 1.36. The van der Waals surface area contributed by atoms with E-state index in [1.807, 2.05) is 20.8 Å². The van der Waals surface area contributed by atoms with Crippen LogP contribution in [0.5, 0.6) is 0 Å². The maximum atomic E-state index is 12.0. The quantitative estimate of drug-likeness (QED) is 0.827. The Morgan fingerprint density at radius 3 is 2.40 bits per heavy atom. The standard InChI is InChI=1S/C14H25NO5/c1-13(2,3)20-12(18)15-7-5-6-10(9-15)8-14(4,19)11(16)17/h10,19H,5-9H2,1-4H3,(H,16,17). The zero-order valence-electron chi connectivity index (χ0n) is 12.7. The number of ether oxygens (including phenoxy) is 1. The lowest BCUT2D eigenvalue weighted by Crippen LogP contribution is -2.46. The molecule has 0 aromatic carbocycles. The van der Waals surface area contributed by atoms with Crippen molar-refractivity contribution in [1.82, 2.24) is 4.90 Å². The average molecular weight is 287 g/mol. The largest absolute Gasteiger partial charge is 0.479 e. The molecular weight excluding hydrogens is 262 g/mol. The van der Waals surface area contributed by atoms with Crippen LogP contribution in [0.2, 0.25) is 0 Å². The number of amides is 1. The Kier molecular flexibility index (Phi) is 5.02. The molecule has 1 amide bonds. The monoisotopic (exact) mass is 287 g/mol. The summed E-state index contributed by atoms with van der Waals surface area (Å²) in [5.74, 6) is -1.26. The number of piperidine rings is 1. The zero-order chi connectivity index (χ0) is 15.6. The number of nitrogens with zero attached hydrogens (tertiary/aromatic N) is 1. The van der Waals surface area contributed by atoms with Crippen LogP contribution in [0.15, 0.2) is 0 Å². The lowest BCUT2D eigenvalue weighted by atomic mass is 9.86. The molecule has 116 valence electrons. The Morgan fingerprint density at radius 1 is 1.30 bits per heavy atom. The number of carbonyl (C=O) groups excluding carboxylic acids is 1. The van der Waals surface area contributed by atoms with Gasteiger partial charge in [0.15, 0.2) is 5.60 Å². The van der Waals surface area contributed by atoms with E-state index < -0.39 is 17.2 Å². The fourth-order valence-electron chi connectivity index (χ4n) is 2.37. The first-order valence-electron chi connectivity index (χ1n) is 6.95. The normalized spacial score (nSPS) is 23.1. The second-order valence-corrected chi connectivity index (χ2v) is 6.72. The molecule has 0 bridgehead atoms. The van der Waals surface area contributed by atoms with E-state index in [-0.39, 0.29) is 18.4 Å². The molecule has 6 nitrogen and oxygen atoms in total. The summed E-state index contributed by atoms with van der Waals surface area (Å²) in [6, 6.07) is 0. The summed E-state index contributed by atoms with van der Waals surface area (Å²) in [6.45, 7) is 7.76. The number of hydrogen-bond acceptors (Lipinski definition) is 4. The van der Waals surface area contributed by atoms with E-state index in [0.717, 1.165) is 12.8 Å². The number of aliphatic hydroxyl groups is 1. The summed E-state index contributed by atoms with van der Waals surface area (Å²) < 4.78 is 5.31. The predicted octanol–water partition coefficient (Wildman–Crippen LogP) is 1.86. The van der Waals surface area contributed by atoms with Gasteiger partial charge in [0.25, 0.3) is 0 Å². The fraction of sp³-hybridized carbons (Fsp3) is 0.857. The molecule has 6 heteroatoms. The Hall–Kier alpha value is -1.30. The SMILES string of the molecule is CC(C)(C)OC(=O)N1CCCC(CC(C)(O)C(=O)O)C1. The van der Waals surface area contributed by atoms with Crippen molar-refractivity contribution < 1.29 is 24.5 Å². The van der Waals surface area contributed by atoms with Crippen LogP contribution in [-0.4, -0.2) is 51.5 Å². The Labute approximate surface area is 119 Å². The highest BCUT2D eigenvalue weighted by Crippen LogP contribution is 2.26. The zero-order valence-corrected chi connectivity index (χ0v) is 12.7. The average Bonchev–Trinajstić information content (AvgIpc) is 2.26. The molecule has 1 aliphatic rings. The summed E-state index contributed by atoms with van der Waals surface area (Å²) in [5.41, 5.74) is -2.29. The molecule has 2 atom stereocenters. The highest BCUT2D eigenvalue weighted by molar-refractivity contribution is 5.76. The number of hydrogen-bond donors (Lipinski definition) is 2. The van der Waals surface area contributed by atoms with Gasteiger partial charge < -0.3 is 19.8 Å². The molecule has 0 aliphatic carbocycles. The van der Waals surface area contributed by atoms with Gasteiger partial charge in [-0.25, -0.2) is 9.59 Å². The molecule has 0 aromatic heterocycles. The van der Waals surface area contributed by atoms with Crippen molar-refractivity contribution in [2.75, 3.05) is 13.1 Å². The van der Waals surface area contributed by atoms with Crippen LogP contribution in [0, 0.1) is 5.92 Å². The number of aliphatic carboxylic acids is 1. The van der Waals surface area contributed by atoms with E-state index in [0.29, 0.717) is 13.1 Å². The second kappa shape index (κ2) is 5.99. The van der Waals surface area contributed by atoms with Gasteiger partial charge in [-0.2, -0.15) is 0 Å². The van der Waals surface area contributed by atoms with Crippen molar-refractivity contribution in [1.29, 1.82) is 0 Å². The number of carbonyl (C=O) groups is 2. The van der Waals surface area contributed by atoms with E-state index in [9.17, 15) is 14.7 Å². The highest BCUT2D eigenvalue weighted by Gasteiger charge is 2.36. The molecule has 1 aliphatic heterocycles. The molecule has 0 radical (unpaired) electrons. The van der Waals surface area contributed by atoms with Crippen molar-refractivity contribution in [2.24, 2.45) is 5.92 Å². The Balaban J connectivity index is 2.59. The van der Waals surface area contributed by atoms with E-state index >= 15 is 0 Å². The Morgan fingerprint density at radius 2 is 1.90 bits per heavy atom. The molecule has 0 spiro atoms. The molecule has 2 unspecified atom stereocenters. The lowest BCUT2D eigenvalue weighted by Gasteiger charge is -2.35. The van der Waals surface area contributed by atoms with Crippen LogP contribution in [0.25, 0.3) is 0 Å². The van der Waals surface area contributed by atoms with Crippen molar-refractivity contribution in [3.63, 3.8) is 0 Å². The lowest BCUT2D eigenvalue weighted by molar-refractivity contribution is -0.158.